The van der Waals surface area contributed by atoms with Crippen molar-refractivity contribution in [1.82, 2.24) is 4.90 Å². The largest absolute Gasteiger partial charge is 0.497 e. The van der Waals surface area contributed by atoms with Crippen LogP contribution in [0.2, 0.25) is 0 Å². The molecule has 2 aromatic carbocycles. The lowest BCUT2D eigenvalue weighted by Crippen LogP contribution is -2.31. The van der Waals surface area contributed by atoms with Gasteiger partial charge in [-0.05, 0) is 59.8 Å². The number of hydrogen-bond acceptors (Lipinski definition) is 7. The minimum Gasteiger partial charge on any atom is -0.497 e. The highest BCUT2D eigenvalue weighted by Crippen LogP contribution is 2.32. The lowest BCUT2D eigenvalue weighted by Gasteiger charge is -2.10. The molecule has 0 radical (unpaired) electrons. The summed E-state index contributed by atoms with van der Waals surface area (Å²) in [5.41, 5.74) is 1.12. The molecule has 1 heterocycles. The molecule has 2 aromatic rings. The van der Waals surface area contributed by atoms with E-state index in [2.05, 4.69) is 0 Å². The van der Waals surface area contributed by atoms with Crippen molar-refractivity contribution in [3.8, 4) is 11.5 Å². The third-order valence-electron chi connectivity index (χ3n) is 4.11. The van der Waals surface area contributed by atoms with Crippen LogP contribution >= 0.6 is 11.8 Å². The molecule has 1 aliphatic heterocycles. The predicted molar refractivity (Wildman–Crippen MR) is 109 cm³/mol. The molecule has 2 amide bonds. The Labute approximate surface area is 172 Å². The first-order chi connectivity index (χ1) is 14.0. The fourth-order valence-corrected chi connectivity index (χ4v) is 3.42. The average molecular weight is 413 g/mol. The standard InChI is InChI=1S/C21H19NO6S/c1-26-12-11-22-19(23)18(29-21(22)25)13-14-3-7-17(8-4-14)28-20(24)15-5-9-16(27-2)10-6-15/h3-10,13H,11-12H2,1-2H3/b18-13+. The number of carbonyl (C=O) groups is 3. The summed E-state index contributed by atoms with van der Waals surface area (Å²) in [6.07, 6.45) is 1.63. The van der Waals surface area contributed by atoms with Gasteiger partial charge >= 0.3 is 5.97 Å². The van der Waals surface area contributed by atoms with Crippen LogP contribution in [0.1, 0.15) is 15.9 Å². The van der Waals surface area contributed by atoms with E-state index in [-0.39, 0.29) is 17.7 Å². The Bertz CT molecular complexity index is 937. The fourth-order valence-electron chi connectivity index (χ4n) is 2.55. The molecule has 0 spiro atoms. The van der Waals surface area contributed by atoms with E-state index in [1.54, 1.807) is 61.7 Å². The maximum absolute atomic E-state index is 12.3. The first kappa shape index (κ1) is 20.6. The molecule has 1 saturated heterocycles. The minimum atomic E-state index is -0.486. The Kier molecular flexibility index (Phi) is 6.69. The Hall–Kier alpha value is -3.10. The second kappa shape index (κ2) is 9.40. The maximum atomic E-state index is 12.3. The van der Waals surface area contributed by atoms with Crippen molar-refractivity contribution >= 4 is 35.0 Å². The van der Waals surface area contributed by atoms with Gasteiger partial charge in [0.1, 0.15) is 11.5 Å². The zero-order valence-corrected chi connectivity index (χ0v) is 16.7. The van der Waals surface area contributed by atoms with Gasteiger partial charge in [-0.3, -0.25) is 14.5 Å². The van der Waals surface area contributed by atoms with Gasteiger partial charge < -0.3 is 14.2 Å². The summed E-state index contributed by atoms with van der Waals surface area (Å²) in [6, 6.07) is 13.3. The summed E-state index contributed by atoms with van der Waals surface area (Å²) in [7, 11) is 3.06. The number of carbonyl (C=O) groups excluding carboxylic acids is 3. The molecule has 0 N–H and O–H groups in total. The lowest BCUT2D eigenvalue weighted by atomic mass is 10.2. The van der Waals surface area contributed by atoms with Crippen molar-refractivity contribution in [3.05, 3.63) is 64.6 Å². The highest BCUT2D eigenvalue weighted by molar-refractivity contribution is 8.18. The molecule has 0 aliphatic carbocycles. The smallest absolute Gasteiger partial charge is 0.343 e. The summed E-state index contributed by atoms with van der Waals surface area (Å²) in [6.45, 7) is 0.512. The monoisotopic (exact) mass is 413 g/mol. The van der Waals surface area contributed by atoms with Crippen LogP contribution in [0.15, 0.2) is 53.4 Å². The second-order valence-corrected chi connectivity index (χ2v) is 7.01. The van der Waals surface area contributed by atoms with Crippen LogP contribution in [0.25, 0.3) is 6.08 Å². The summed E-state index contributed by atoms with van der Waals surface area (Å²) in [5.74, 6) is 0.195. The van der Waals surface area contributed by atoms with E-state index in [1.165, 1.54) is 7.11 Å². The van der Waals surface area contributed by atoms with Crippen LogP contribution in [-0.2, 0) is 9.53 Å². The number of rotatable bonds is 7. The fraction of sp³-hybridized carbons (Fsp3) is 0.190. The van der Waals surface area contributed by atoms with Gasteiger partial charge in [0, 0.05) is 7.11 Å². The Balaban J connectivity index is 1.65. The molecule has 8 heteroatoms. The van der Waals surface area contributed by atoms with Gasteiger partial charge in [0.2, 0.25) is 0 Å². The van der Waals surface area contributed by atoms with Gasteiger partial charge in [-0.25, -0.2) is 4.79 Å². The lowest BCUT2D eigenvalue weighted by molar-refractivity contribution is -0.123. The van der Waals surface area contributed by atoms with Crippen LogP contribution in [0.3, 0.4) is 0 Å². The molecule has 0 unspecified atom stereocenters. The molecule has 3 rings (SSSR count). The van der Waals surface area contributed by atoms with Gasteiger partial charge in [-0.2, -0.15) is 0 Å². The summed E-state index contributed by atoms with van der Waals surface area (Å²) >= 11 is 0.890. The van der Waals surface area contributed by atoms with Gasteiger partial charge in [-0.1, -0.05) is 12.1 Å². The number of thioether (sulfide) groups is 1. The van der Waals surface area contributed by atoms with Crippen LogP contribution in [-0.4, -0.2) is 49.4 Å². The Morgan fingerprint density at radius 2 is 1.66 bits per heavy atom. The van der Waals surface area contributed by atoms with E-state index >= 15 is 0 Å². The first-order valence-electron chi connectivity index (χ1n) is 8.72. The highest BCUT2D eigenvalue weighted by atomic mass is 32.2. The maximum Gasteiger partial charge on any atom is 0.343 e. The number of imide groups is 1. The van der Waals surface area contributed by atoms with E-state index in [1.807, 2.05) is 0 Å². The van der Waals surface area contributed by atoms with Gasteiger partial charge in [0.05, 0.1) is 30.7 Å². The third kappa shape index (κ3) is 5.04. The zero-order valence-electron chi connectivity index (χ0n) is 15.9. The molecular weight excluding hydrogens is 394 g/mol. The molecule has 7 nitrogen and oxygen atoms in total. The predicted octanol–water partition coefficient (Wildman–Crippen LogP) is 3.60. The summed E-state index contributed by atoms with van der Waals surface area (Å²) < 4.78 is 15.3. The number of esters is 1. The van der Waals surface area contributed by atoms with Crippen molar-refractivity contribution in [2.24, 2.45) is 0 Å². The third-order valence-corrected chi connectivity index (χ3v) is 5.01. The van der Waals surface area contributed by atoms with Crippen molar-refractivity contribution in [1.29, 1.82) is 0 Å². The topological polar surface area (TPSA) is 82.1 Å². The molecule has 0 bridgehead atoms. The molecule has 0 atom stereocenters. The number of methoxy groups -OCH3 is 2. The number of nitrogens with zero attached hydrogens (tertiary/aromatic N) is 1. The van der Waals surface area contributed by atoms with Crippen molar-refractivity contribution < 1.29 is 28.6 Å². The van der Waals surface area contributed by atoms with E-state index < -0.39 is 5.97 Å². The number of hydrogen-bond donors (Lipinski definition) is 0. The quantitative estimate of drug-likeness (QED) is 0.390. The van der Waals surface area contributed by atoms with Gasteiger partial charge in [0.15, 0.2) is 0 Å². The van der Waals surface area contributed by atoms with Crippen molar-refractivity contribution in [3.63, 3.8) is 0 Å². The number of ether oxygens (including phenoxy) is 3. The molecule has 29 heavy (non-hydrogen) atoms. The molecular formula is C21H19NO6S. The van der Waals surface area contributed by atoms with E-state index in [0.29, 0.717) is 34.1 Å². The van der Waals surface area contributed by atoms with Crippen molar-refractivity contribution in [2.75, 3.05) is 27.4 Å². The summed E-state index contributed by atoms with van der Waals surface area (Å²) in [5, 5.41) is -0.316. The zero-order chi connectivity index (χ0) is 20.8. The second-order valence-electron chi connectivity index (χ2n) is 6.01. The average Bonchev–Trinajstić information content (AvgIpc) is 3.00. The van der Waals surface area contributed by atoms with Crippen molar-refractivity contribution in [2.45, 2.75) is 0 Å². The Morgan fingerprint density at radius 3 is 2.28 bits per heavy atom. The number of amides is 2. The molecule has 1 aliphatic rings. The summed E-state index contributed by atoms with van der Waals surface area (Å²) in [4.78, 5) is 38.0. The Morgan fingerprint density at radius 1 is 1.00 bits per heavy atom. The van der Waals surface area contributed by atoms with Crippen LogP contribution in [0.4, 0.5) is 4.79 Å². The first-order valence-corrected chi connectivity index (χ1v) is 9.54. The highest BCUT2D eigenvalue weighted by Gasteiger charge is 2.34. The van der Waals surface area contributed by atoms with E-state index in [0.717, 1.165) is 16.7 Å². The number of benzene rings is 2. The van der Waals surface area contributed by atoms with Gasteiger partial charge in [0.25, 0.3) is 11.1 Å². The van der Waals surface area contributed by atoms with Crippen LogP contribution < -0.4 is 9.47 Å². The normalized spacial score (nSPS) is 15.1. The SMILES string of the molecule is COCCN1C(=O)S/C(=C/c2ccc(OC(=O)c3ccc(OC)cc3)cc2)C1=O. The molecule has 0 aromatic heterocycles. The van der Waals surface area contributed by atoms with E-state index in [9.17, 15) is 14.4 Å². The van der Waals surface area contributed by atoms with E-state index in [4.69, 9.17) is 14.2 Å². The minimum absolute atomic E-state index is 0.221. The van der Waals surface area contributed by atoms with Crippen LogP contribution in [0, 0.1) is 0 Å². The molecule has 1 fully saturated rings. The van der Waals surface area contributed by atoms with Crippen LogP contribution in [0.5, 0.6) is 11.5 Å². The molecule has 0 saturated carbocycles. The van der Waals surface area contributed by atoms with Gasteiger partial charge in [-0.15, -0.1) is 0 Å². The molecule has 150 valence electrons.